The van der Waals surface area contributed by atoms with Gasteiger partial charge in [-0.2, -0.15) is 0 Å². The van der Waals surface area contributed by atoms with Crippen molar-refractivity contribution in [3.63, 3.8) is 0 Å². The molecule has 0 amide bonds. The second kappa shape index (κ2) is 9.61. The lowest BCUT2D eigenvalue weighted by atomic mass is 9.86. The van der Waals surface area contributed by atoms with Gasteiger partial charge in [-0.05, 0) is 56.7 Å². The summed E-state index contributed by atoms with van der Waals surface area (Å²) in [6.07, 6.45) is 17.6. The minimum absolute atomic E-state index is 0.0477. The van der Waals surface area contributed by atoms with Gasteiger partial charge in [-0.1, -0.05) is 44.6 Å². The third-order valence-corrected chi connectivity index (χ3v) is 6.09. The summed E-state index contributed by atoms with van der Waals surface area (Å²) in [5, 5.41) is 9.21. The molecule has 0 spiro atoms. The lowest BCUT2D eigenvalue weighted by molar-refractivity contribution is 0.201. The number of unbranched alkanes of at least 4 members (excludes halogenated alkanes) is 1. The molecule has 3 heteroatoms. The highest BCUT2D eigenvalue weighted by Gasteiger charge is 2.16. The van der Waals surface area contributed by atoms with Gasteiger partial charge in [0.1, 0.15) is 0 Å². The molecule has 23 heavy (non-hydrogen) atoms. The Kier molecular flexibility index (Phi) is 7.81. The quantitative estimate of drug-likeness (QED) is 0.613. The summed E-state index contributed by atoms with van der Waals surface area (Å²) in [7, 11) is 0. The van der Waals surface area contributed by atoms with E-state index in [0.29, 0.717) is 0 Å². The molecule has 3 N–H and O–H groups in total. The van der Waals surface area contributed by atoms with Gasteiger partial charge in [-0.25, -0.2) is 0 Å². The van der Waals surface area contributed by atoms with Crippen LogP contribution in [0.5, 0.6) is 0 Å². The van der Waals surface area contributed by atoms with Crippen LogP contribution < -0.4 is 5.73 Å². The maximum Gasteiger partial charge on any atom is 0.0608 e. The van der Waals surface area contributed by atoms with Crippen LogP contribution in [0.4, 0.5) is 0 Å². The third kappa shape index (κ3) is 7.19. The molecule has 0 saturated heterocycles. The van der Waals surface area contributed by atoms with E-state index in [1.807, 2.05) is 18.3 Å². The average Bonchev–Trinajstić information content (AvgIpc) is 3.02. The molecule has 0 radical (unpaired) electrons. The lowest BCUT2D eigenvalue weighted by Crippen LogP contribution is -2.40. The Hall–Kier alpha value is -0.640. The first-order valence-electron chi connectivity index (χ1n) is 9.24. The van der Waals surface area contributed by atoms with E-state index >= 15 is 0 Å². The first-order chi connectivity index (χ1) is 11.1. The molecular weight excluding hydrogens is 302 g/mol. The van der Waals surface area contributed by atoms with Crippen LogP contribution >= 0.6 is 11.3 Å². The maximum absolute atomic E-state index is 9.21. The number of nitrogens with two attached hydrogens (primary N) is 1. The largest absolute Gasteiger partial charge is 0.394 e. The van der Waals surface area contributed by atoms with E-state index in [1.54, 1.807) is 0 Å². The van der Waals surface area contributed by atoms with Gasteiger partial charge in [0.2, 0.25) is 0 Å². The molecule has 130 valence electrons. The fourth-order valence-electron chi connectivity index (χ4n) is 3.31. The van der Waals surface area contributed by atoms with E-state index < -0.39 is 5.54 Å². The second-order valence-electron chi connectivity index (χ2n) is 7.45. The zero-order chi connectivity index (χ0) is 16.5. The topological polar surface area (TPSA) is 46.2 Å². The molecule has 1 saturated carbocycles. The Labute approximate surface area is 145 Å². The molecule has 1 aliphatic carbocycles. The Morgan fingerprint density at radius 2 is 2.09 bits per heavy atom. The van der Waals surface area contributed by atoms with Crippen molar-refractivity contribution in [2.45, 2.75) is 76.7 Å². The van der Waals surface area contributed by atoms with Crippen molar-refractivity contribution in [3.8, 4) is 0 Å². The monoisotopic (exact) mass is 335 g/mol. The molecule has 1 aliphatic rings. The fourth-order valence-corrected chi connectivity index (χ4v) is 4.25. The number of allylic oxidation sites excluding steroid dienone is 1. The van der Waals surface area contributed by atoms with Crippen molar-refractivity contribution >= 4 is 17.4 Å². The Morgan fingerprint density at radius 3 is 2.83 bits per heavy atom. The predicted octanol–water partition coefficient (Wildman–Crippen LogP) is 5.15. The van der Waals surface area contributed by atoms with Crippen LogP contribution in [0, 0.1) is 5.92 Å². The minimum atomic E-state index is -0.459. The lowest BCUT2D eigenvalue weighted by Gasteiger charge is -2.20. The highest BCUT2D eigenvalue weighted by atomic mass is 32.1. The molecule has 1 fully saturated rings. The Bertz CT molecular complexity index is 472. The normalized spacial score (nSPS) is 19.3. The van der Waals surface area contributed by atoms with E-state index in [-0.39, 0.29) is 6.61 Å². The van der Waals surface area contributed by atoms with Crippen LogP contribution in [0.3, 0.4) is 0 Å². The van der Waals surface area contributed by atoms with Crippen LogP contribution in [-0.2, 0) is 6.42 Å². The Balaban J connectivity index is 1.65. The highest BCUT2D eigenvalue weighted by Crippen LogP contribution is 2.28. The number of hydrogen-bond acceptors (Lipinski definition) is 3. The van der Waals surface area contributed by atoms with Crippen LogP contribution in [0.1, 0.15) is 74.5 Å². The molecule has 0 aliphatic heterocycles. The third-order valence-electron chi connectivity index (χ3n) is 4.98. The van der Waals surface area contributed by atoms with Gasteiger partial charge in [0.15, 0.2) is 0 Å². The van der Waals surface area contributed by atoms with Crippen LogP contribution in [-0.4, -0.2) is 17.3 Å². The van der Waals surface area contributed by atoms with Gasteiger partial charge in [0, 0.05) is 15.3 Å². The average molecular weight is 336 g/mol. The molecule has 0 bridgehead atoms. The molecule has 1 aromatic heterocycles. The van der Waals surface area contributed by atoms with Gasteiger partial charge in [-0.15, -0.1) is 11.3 Å². The fraction of sp³-hybridized carbons (Fsp3) is 0.700. The number of aliphatic hydroxyl groups excluding tert-OH is 1. The zero-order valence-electron chi connectivity index (χ0n) is 14.6. The summed E-state index contributed by atoms with van der Waals surface area (Å²) in [6.45, 7) is 1.96. The number of thiophene rings is 1. The van der Waals surface area contributed by atoms with Gasteiger partial charge >= 0.3 is 0 Å². The molecule has 1 unspecified atom stereocenters. The summed E-state index contributed by atoms with van der Waals surface area (Å²) in [6, 6.07) is 4.39. The molecule has 0 aromatic carbocycles. The molecule has 2 nitrogen and oxygen atoms in total. The van der Waals surface area contributed by atoms with E-state index in [0.717, 1.165) is 18.8 Å². The van der Waals surface area contributed by atoms with Crippen molar-refractivity contribution in [2.24, 2.45) is 11.7 Å². The summed E-state index contributed by atoms with van der Waals surface area (Å²) in [5.41, 5.74) is 5.53. The summed E-state index contributed by atoms with van der Waals surface area (Å²) in [5.74, 6) is 1.00. The Morgan fingerprint density at radius 1 is 1.30 bits per heavy atom. The molecule has 2 rings (SSSR count). The molecular formula is C20H33NOS. The number of aryl methyl sites for hydroxylation is 1. The van der Waals surface area contributed by atoms with E-state index in [1.165, 1.54) is 61.1 Å². The minimum Gasteiger partial charge on any atom is -0.394 e. The number of hydrogen-bond donors (Lipinski definition) is 2. The van der Waals surface area contributed by atoms with Gasteiger partial charge in [-0.3, -0.25) is 0 Å². The molecule has 1 aromatic rings. The van der Waals surface area contributed by atoms with Crippen molar-refractivity contribution in [1.29, 1.82) is 0 Å². The van der Waals surface area contributed by atoms with E-state index in [9.17, 15) is 5.11 Å². The van der Waals surface area contributed by atoms with Crippen molar-refractivity contribution in [1.82, 2.24) is 0 Å². The summed E-state index contributed by atoms with van der Waals surface area (Å²) in [4.78, 5) is 2.69. The second-order valence-corrected chi connectivity index (χ2v) is 8.65. The first-order valence-corrected chi connectivity index (χ1v) is 10.1. The van der Waals surface area contributed by atoms with E-state index in [2.05, 4.69) is 24.3 Å². The van der Waals surface area contributed by atoms with Gasteiger partial charge in [0.25, 0.3) is 0 Å². The SMILES string of the molecule is CC(N)(CO)CCc1ccc(/C=C/CCCC2CCCCC2)s1. The molecule has 1 atom stereocenters. The van der Waals surface area contributed by atoms with Crippen LogP contribution in [0.2, 0.25) is 0 Å². The van der Waals surface area contributed by atoms with Crippen LogP contribution in [0.25, 0.3) is 6.08 Å². The number of rotatable bonds is 9. The van der Waals surface area contributed by atoms with E-state index in [4.69, 9.17) is 5.73 Å². The summed E-state index contributed by atoms with van der Waals surface area (Å²) < 4.78 is 0. The van der Waals surface area contributed by atoms with Gasteiger partial charge in [0.05, 0.1) is 6.61 Å². The smallest absolute Gasteiger partial charge is 0.0608 e. The number of aliphatic hydroxyl groups is 1. The highest BCUT2D eigenvalue weighted by molar-refractivity contribution is 7.12. The first kappa shape index (κ1) is 18.7. The van der Waals surface area contributed by atoms with Crippen LogP contribution in [0.15, 0.2) is 18.2 Å². The van der Waals surface area contributed by atoms with Gasteiger partial charge < -0.3 is 10.8 Å². The van der Waals surface area contributed by atoms with Crippen molar-refractivity contribution < 1.29 is 5.11 Å². The van der Waals surface area contributed by atoms with Crippen molar-refractivity contribution in [3.05, 3.63) is 28.0 Å². The predicted molar refractivity (Wildman–Crippen MR) is 102 cm³/mol. The zero-order valence-corrected chi connectivity index (χ0v) is 15.4. The van der Waals surface area contributed by atoms with Crippen molar-refractivity contribution in [2.75, 3.05) is 6.61 Å². The summed E-state index contributed by atoms with van der Waals surface area (Å²) >= 11 is 1.85. The maximum atomic E-state index is 9.21. The standard InChI is InChI=1S/C20H33NOS/c1-20(21,16-22)15-14-19-13-12-18(23-19)11-7-3-6-10-17-8-4-2-5-9-17/h7,11-13,17,22H,2-6,8-10,14-16,21H2,1H3/b11-7+. The molecule has 1 heterocycles.